The summed E-state index contributed by atoms with van der Waals surface area (Å²) in [5, 5.41) is 3.06. The van der Waals surface area contributed by atoms with Gasteiger partial charge in [0.2, 0.25) is 5.91 Å². The maximum absolute atomic E-state index is 12.7. The van der Waals surface area contributed by atoms with Crippen LogP contribution in [0.4, 0.5) is 5.69 Å². The third-order valence-corrected chi connectivity index (χ3v) is 5.44. The number of fused-ring (bicyclic) bond motifs is 1. The van der Waals surface area contributed by atoms with Crippen LogP contribution in [0, 0.1) is 19.8 Å². The lowest BCUT2D eigenvalue weighted by Crippen LogP contribution is -2.31. The van der Waals surface area contributed by atoms with Crippen molar-refractivity contribution in [1.82, 2.24) is 19.1 Å². The largest absolute Gasteiger partial charge is 0.334 e. The van der Waals surface area contributed by atoms with Crippen LogP contribution in [0.25, 0.3) is 5.69 Å². The van der Waals surface area contributed by atoms with Gasteiger partial charge in [0.15, 0.2) is 0 Å². The van der Waals surface area contributed by atoms with Gasteiger partial charge in [0.25, 0.3) is 0 Å². The van der Waals surface area contributed by atoms with Gasteiger partial charge in [0.1, 0.15) is 5.82 Å². The number of aryl methyl sites for hydroxylation is 3. The molecule has 1 N–H and O–H groups in total. The molecule has 0 saturated heterocycles. The molecular formula is C21H25N5O. The van der Waals surface area contributed by atoms with Crippen LogP contribution in [-0.4, -0.2) is 25.0 Å². The Morgan fingerprint density at radius 1 is 1.26 bits per heavy atom. The van der Waals surface area contributed by atoms with Gasteiger partial charge in [-0.3, -0.25) is 4.79 Å². The Bertz CT molecular complexity index is 967. The first kappa shape index (κ1) is 17.5. The number of carbonyl (C=O) groups is 1. The normalized spacial score (nSPS) is 16.2. The molecule has 0 spiro atoms. The summed E-state index contributed by atoms with van der Waals surface area (Å²) in [6.07, 6.45) is 6.54. The molecule has 0 radical (unpaired) electrons. The number of rotatable bonds is 4. The van der Waals surface area contributed by atoms with Gasteiger partial charge < -0.3 is 14.5 Å². The second kappa shape index (κ2) is 7.02. The zero-order valence-electron chi connectivity index (χ0n) is 16.1. The van der Waals surface area contributed by atoms with Crippen molar-refractivity contribution in [3.8, 4) is 5.69 Å². The number of hydrogen-bond acceptors (Lipinski definition) is 3. The highest BCUT2D eigenvalue weighted by Crippen LogP contribution is 2.23. The number of benzene rings is 1. The first-order valence-electron chi connectivity index (χ1n) is 9.52. The smallest absolute Gasteiger partial charge is 0.229 e. The van der Waals surface area contributed by atoms with E-state index in [0.29, 0.717) is 6.54 Å². The second-order valence-corrected chi connectivity index (χ2v) is 7.21. The number of nitrogens with one attached hydrogen (secondary N) is 1. The van der Waals surface area contributed by atoms with Crippen molar-refractivity contribution in [3.63, 3.8) is 0 Å². The number of amides is 1. The summed E-state index contributed by atoms with van der Waals surface area (Å²) in [6, 6.07) is 7.91. The number of hydrogen-bond donors (Lipinski definition) is 1. The average Bonchev–Trinajstić information content (AvgIpc) is 3.25. The van der Waals surface area contributed by atoms with E-state index in [9.17, 15) is 4.79 Å². The van der Waals surface area contributed by atoms with E-state index in [1.54, 1.807) is 0 Å². The van der Waals surface area contributed by atoms with E-state index >= 15 is 0 Å². The Morgan fingerprint density at radius 3 is 2.70 bits per heavy atom. The molecule has 140 valence electrons. The van der Waals surface area contributed by atoms with E-state index in [1.165, 1.54) is 0 Å². The van der Waals surface area contributed by atoms with Crippen LogP contribution in [-0.2, 0) is 24.2 Å². The van der Waals surface area contributed by atoms with Crippen molar-refractivity contribution in [3.05, 3.63) is 59.7 Å². The summed E-state index contributed by atoms with van der Waals surface area (Å²) < 4.78 is 4.19. The summed E-state index contributed by atoms with van der Waals surface area (Å²) in [7, 11) is 0. The van der Waals surface area contributed by atoms with Gasteiger partial charge in [0, 0.05) is 36.2 Å². The lowest BCUT2D eigenvalue weighted by atomic mass is 9.98. The van der Waals surface area contributed by atoms with Crippen molar-refractivity contribution in [2.45, 2.75) is 46.6 Å². The number of anilines is 1. The molecule has 2 aromatic heterocycles. The van der Waals surface area contributed by atoms with Gasteiger partial charge in [0.05, 0.1) is 23.6 Å². The van der Waals surface area contributed by atoms with E-state index in [2.05, 4.69) is 39.9 Å². The standard InChI is InChI=1S/C21H25N5O/c1-4-17-12-25-11-16(5-10-20(25)23-17)21(27)24-18-6-8-19(9-7-18)26-13-22-14(2)15(26)3/h6-9,12-13,16H,4-5,10-11H2,1-3H3,(H,24,27). The first-order valence-corrected chi connectivity index (χ1v) is 9.52. The quantitative estimate of drug-likeness (QED) is 0.772. The fraction of sp³-hybridized carbons (Fsp3) is 0.381. The first-order chi connectivity index (χ1) is 13.0. The predicted octanol–water partition coefficient (Wildman–Crippen LogP) is 3.45. The predicted molar refractivity (Wildman–Crippen MR) is 105 cm³/mol. The molecule has 0 aliphatic carbocycles. The summed E-state index contributed by atoms with van der Waals surface area (Å²) in [5.41, 5.74) is 5.11. The lowest BCUT2D eigenvalue weighted by molar-refractivity contribution is -0.120. The minimum atomic E-state index is -0.0189. The molecule has 0 saturated carbocycles. The minimum Gasteiger partial charge on any atom is -0.334 e. The lowest BCUT2D eigenvalue weighted by Gasteiger charge is -2.23. The Hall–Kier alpha value is -2.89. The summed E-state index contributed by atoms with van der Waals surface area (Å²) in [5.74, 6) is 1.16. The molecule has 1 aliphatic heterocycles. The van der Waals surface area contributed by atoms with Crippen LogP contribution in [0.5, 0.6) is 0 Å². The Kier molecular flexibility index (Phi) is 4.56. The van der Waals surface area contributed by atoms with Crippen molar-refractivity contribution in [2.75, 3.05) is 5.32 Å². The molecule has 1 amide bonds. The highest BCUT2D eigenvalue weighted by atomic mass is 16.1. The third kappa shape index (κ3) is 3.39. The molecule has 1 unspecified atom stereocenters. The van der Waals surface area contributed by atoms with Gasteiger partial charge >= 0.3 is 0 Å². The van der Waals surface area contributed by atoms with Crippen LogP contribution in [0.1, 0.15) is 36.3 Å². The van der Waals surface area contributed by atoms with E-state index in [0.717, 1.165) is 53.5 Å². The fourth-order valence-electron chi connectivity index (χ4n) is 3.60. The Balaban J connectivity index is 1.43. The van der Waals surface area contributed by atoms with Crippen LogP contribution < -0.4 is 5.32 Å². The van der Waals surface area contributed by atoms with Gasteiger partial charge in [-0.1, -0.05) is 6.92 Å². The van der Waals surface area contributed by atoms with Crippen molar-refractivity contribution in [2.24, 2.45) is 5.92 Å². The number of nitrogens with zero attached hydrogens (tertiary/aromatic N) is 4. The molecule has 1 atom stereocenters. The SMILES string of the molecule is CCc1cn2c(n1)CCC(C(=O)Nc1ccc(-n3cnc(C)c3C)cc1)C2. The van der Waals surface area contributed by atoms with E-state index in [-0.39, 0.29) is 11.8 Å². The molecule has 1 aliphatic rings. The van der Waals surface area contributed by atoms with Gasteiger partial charge in [-0.15, -0.1) is 0 Å². The number of carbonyl (C=O) groups excluding carboxylic acids is 1. The fourth-order valence-corrected chi connectivity index (χ4v) is 3.60. The van der Waals surface area contributed by atoms with E-state index < -0.39 is 0 Å². The van der Waals surface area contributed by atoms with Crippen molar-refractivity contribution < 1.29 is 4.79 Å². The average molecular weight is 363 g/mol. The van der Waals surface area contributed by atoms with Gasteiger partial charge in [-0.2, -0.15) is 0 Å². The molecule has 4 rings (SSSR count). The topological polar surface area (TPSA) is 64.7 Å². The van der Waals surface area contributed by atoms with Crippen molar-refractivity contribution >= 4 is 11.6 Å². The van der Waals surface area contributed by atoms with Crippen LogP contribution in [0.15, 0.2) is 36.8 Å². The van der Waals surface area contributed by atoms with Crippen LogP contribution in [0.2, 0.25) is 0 Å². The summed E-state index contributed by atoms with van der Waals surface area (Å²) in [6.45, 7) is 6.86. The van der Waals surface area contributed by atoms with Gasteiger partial charge in [-0.05, 0) is 51.0 Å². The zero-order valence-corrected chi connectivity index (χ0v) is 16.1. The highest BCUT2D eigenvalue weighted by molar-refractivity contribution is 5.92. The van der Waals surface area contributed by atoms with E-state index in [4.69, 9.17) is 0 Å². The molecule has 27 heavy (non-hydrogen) atoms. The third-order valence-electron chi connectivity index (χ3n) is 5.44. The van der Waals surface area contributed by atoms with Crippen molar-refractivity contribution in [1.29, 1.82) is 0 Å². The van der Waals surface area contributed by atoms with E-state index in [1.807, 2.05) is 42.1 Å². The maximum atomic E-state index is 12.7. The summed E-state index contributed by atoms with van der Waals surface area (Å²) in [4.78, 5) is 21.7. The highest BCUT2D eigenvalue weighted by Gasteiger charge is 2.25. The molecule has 3 aromatic rings. The van der Waals surface area contributed by atoms with Crippen LogP contribution in [0.3, 0.4) is 0 Å². The number of aromatic nitrogens is 4. The minimum absolute atomic E-state index is 0.0189. The molecule has 6 nitrogen and oxygen atoms in total. The molecule has 6 heteroatoms. The Morgan fingerprint density at radius 2 is 2.04 bits per heavy atom. The molecule has 0 fully saturated rings. The van der Waals surface area contributed by atoms with Crippen LogP contribution >= 0.6 is 0 Å². The maximum Gasteiger partial charge on any atom is 0.229 e. The van der Waals surface area contributed by atoms with Gasteiger partial charge in [-0.25, -0.2) is 9.97 Å². The number of imidazole rings is 2. The second-order valence-electron chi connectivity index (χ2n) is 7.21. The molecule has 3 heterocycles. The molecule has 0 bridgehead atoms. The molecular weight excluding hydrogens is 338 g/mol. The molecule has 1 aromatic carbocycles. The monoisotopic (exact) mass is 363 g/mol. The Labute approximate surface area is 159 Å². The zero-order chi connectivity index (χ0) is 19.0. The summed E-state index contributed by atoms with van der Waals surface area (Å²) >= 11 is 0.